The third-order valence-electron chi connectivity index (χ3n) is 1.59. The van der Waals surface area contributed by atoms with Gasteiger partial charge in [0.05, 0.1) is 0 Å². The topological polar surface area (TPSA) is 17.1 Å². The van der Waals surface area contributed by atoms with Crippen molar-refractivity contribution in [3.05, 3.63) is 22.4 Å². The normalized spacial score (nSPS) is 12.8. The van der Waals surface area contributed by atoms with Crippen molar-refractivity contribution in [3.63, 3.8) is 0 Å². The van der Waals surface area contributed by atoms with Crippen molar-refractivity contribution in [1.29, 1.82) is 0 Å². The standard InChI is InChI=1S/C9H12OS2/c1-2-12-9(3-5-10)8-4-6-11-7-8/h4-7,9H,2-3H2,1H3/t9-/m0/s1. The molecule has 1 heterocycles. The van der Waals surface area contributed by atoms with E-state index in [1.54, 1.807) is 11.3 Å². The van der Waals surface area contributed by atoms with Crippen LogP contribution >= 0.6 is 23.1 Å². The average molecular weight is 200 g/mol. The average Bonchev–Trinajstić information content (AvgIpc) is 2.56. The van der Waals surface area contributed by atoms with Gasteiger partial charge >= 0.3 is 0 Å². The van der Waals surface area contributed by atoms with Crippen molar-refractivity contribution in [2.75, 3.05) is 5.75 Å². The zero-order valence-corrected chi connectivity index (χ0v) is 8.66. The molecule has 1 nitrogen and oxygen atoms in total. The van der Waals surface area contributed by atoms with Gasteiger partial charge in [0.1, 0.15) is 6.29 Å². The lowest BCUT2D eigenvalue weighted by Crippen LogP contribution is -1.93. The Morgan fingerprint density at radius 3 is 3.08 bits per heavy atom. The first kappa shape index (κ1) is 9.81. The van der Waals surface area contributed by atoms with Crippen molar-refractivity contribution < 1.29 is 4.79 Å². The largest absolute Gasteiger partial charge is 0.303 e. The number of carbonyl (C=O) groups is 1. The highest BCUT2D eigenvalue weighted by Crippen LogP contribution is 2.32. The Morgan fingerprint density at radius 1 is 1.75 bits per heavy atom. The second-order valence-corrected chi connectivity index (χ2v) is 4.66. The third kappa shape index (κ3) is 2.64. The number of rotatable bonds is 5. The molecular formula is C9H12OS2. The smallest absolute Gasteiger partial charge is 0.121 e. The lowest BCUT2D eigenvalue weighted by atomic mass is 10.2. The van der Waals surface area contributed by atoms with Gasteiger partial charge in [0.15, 0.2) is 0 Å². The maximum atomic E-state index is 10.4. The number of carbonyl (C=O) groups excluding carboxylic acids is 1. The molecule has 1 aromatic heterocycles. The lowest BCUT2D eigenvalue weighted by molar-refractivity contribution is -0.107. The lowest BCUT2D eigenvalue weighted by Gasteiger charge is -2.09. The van der Waals surface area contributed by atoms with Gasteiger partial charge in [0, 0.05) is 11.7 Å². The maximum Gasteiger partial charge on any atom is 0.121 e. The van der Waals surface area contributed by atoms with Crippen molar-refractivity contribution in [2.24, 2.45) is 0 Å². The van der Waals surface area contributed by atoms with E-state index in [1.165, 1.54) is 5.56 Å². The van der Waals surface area contributed by atoms with E-state index < -0.39 is 0 Å². The fraction of sp³-hybridized carbons (Fsp3) is 0.444. The monoisotopic (exact) mass is 200 g/mol. The van der Waals surface area contributed by atoms with Crippen LogP contribution in [0, 0.1) is 0 Å². The first-order valence-electron chi connectivity index (χ1n) is 3.95. The van der Waals surface area contributed by atoms with Crippen LogP contribution in [0.3, 0.4) is 0 Å². The highest BCUT2D eigenvalue weighted by atomic mass is 32.2. The van der Waals surface area contributed by atoms with Gasteiger partial charge in [-0.15, -0.1) is 0 Å². The summed E-state index contributed by atoms with van der Waals surface area (Å²) >= 11 is 3.52. The second kappa shape index (κ2) is 5.38. The van der Waals surface area contributed by atoms with E-state index in [2.05, 4.69) is 23.8 Å². The molecule has 0 aliphatic carbocycles. The van der Waals surface area contributed by atoms with Gasteiger partial charge in [-0.2, -0.15) is 23.1 Å². The second-order valence-electron chi connectivity index (χ2n) is 2.40. The van der Waals surface area contributed by atoms with Gasteiger partial charge in [0.2, 0.25) is 0 Å². The molecule has 1 atom stereocenters. The molecule has 3 heteroatoms. The van der Waals surface area contributed by atoms with Crippen LogP contribution in [0.1, 0.15) is 24.2 Å². The summed E-state index contributed by atoms with van der Waals surface area (Å²) in [4.78, 5) is 10.4. The summed E-state index contributed by atoms with van der Waals surface area (Å²) in [5, 5.41) is 4.55. The van der Waals surface area contributed by atoms with Crippen LogP contribution in [-0.4, -0.2) is 12.0 Å². The predicted octanol–water partition coefficient (Wildman–Crippen LogP) is 3.13. The van der Waals surface area contributed by atoms with Gasteiger partial charge in [0.25, 0.3) is 0 Å². The minimum Gasteiger partial charge on any atom is -0.303 e. The molecule has 1 rings (SSSR count). The minimum atomic E-state index is 0.374. The van der Waals surface area contributed by atoms with Crippen molar-refractivity contribution in [2.45, 2.75) is 18.6 Å². The number of hydrogen-bond donors (Lipinski definition) is 0. The van der Waals surface area contributed by atoms with Crippen LogP contribution in [0.5, 0.6) is 0 Å². The molecule has 0 aromatic carbocycles. The van der Waals surface area contributed by atoms with Crippen LogP contribution < -0.4 is 0 Å². The highest BCUT2D eigenvalue weighted by molar-refractivity contribution is 7.99. The Morgan fingerprint density at radius 2 is 2.58 bits per heavy atom. The van der Waals surface area contributed by atoms with E-state index >= 15 is 0 Å². The summed E-state index contributed by atoms with van der Waals surface area (Å²) in [7, 11) is 0. The molecule has 0 aliphatic rings. The molecule has 0 aliphatic heterocycles. The Bertz CT molecular complexity index is 218. The predicted molar refractivity (Wildman–Crippen MR) is 55.9 cm³/mol. The van der Waals surface area contributed by atoms with E-state index in [0.717, 1.165) is 12.0 Å². The quantitative estimate of drug-likeness (QED) is 0.679. The van der Waals surface area contributed by atoms with Crippen LogP contribution in [0.25, 0.3) is 0 Å². The van der Waals surface area contributed by atoms with Gasteiger partial charge in [-0.1, -0.05) is 6.92 Å². The highest BCUT2D eigenvalue weighted by Gasteiger charge is 2.10. The van der Waals surface area contributed by atoms with E-state index in [9.17, 15) is 4.79 Å². The molecular weight excluding hydrogens is 188 g/mol. The molecule has 12 heavy (non-hydrogen) atoms. The first-order chi connectivity index (χ1) is 5.88. The minimum absolute atomic E-state index is 0.374. The molecule has 0 bridgehead atoms. The molecule has 0 saturated heterocycles. The molecule has 0 saturated carbocycles. The van der Waals surface area contributed by atoms with Crippen LogP contribution in [0.15, 0.2) is 16.8 Å². The molecule has 0 fully saturated rings. The number of hydrogen-bond acceptors (Lipinski definition) is 3. The Kier molecular flexibility index (Phi) is 4.40. The zero-order chi connectivity index (χ0) is 8.81. The van der Waals surface area contributed by atoms with Gasteiger partial charge in [-0.05, 0) is 28.1 Å². The zero-order valence-electron chi connectivity index (χ0n) is 7.03. The summed E-state index contributed by atoms with van der Waals surface area (Å²) in [6.45, 7) is 2.12. The van der Waals surface area contributed by atoms with Gasteiger partial charge in [-0.25, -0.2) is 0 Å². The van der Waals surface area contributed by atoms with Gasteiger partial charge < -0.3 is 4.79 Å². The maximum absolute atomic E-state index is 10.4. The Hall–Kier alpha value is -0.280. The fourth-order valence-electron chi connectivity index (χ4n) is 1.05. The number of thioether (sulfide) groups is 1. The van der Waals surface area contributed by atoms with Crippen LogP contribution in [0.2, 0.25) is 0 Å². The van der Waals surface area contributed by atoms with Crippen molar-refractivity contribution in [1.82, 2.24) is 0 Å². The van der Waals surface area contributed by atoms with Crippen LogP contribution in [-0.2, 0) is 4.79 Å². The van der Waals surface area contributed by atoms with E-state index in [-0.39, 0.29) is 0 Å². The third-order valence-corrected chi connectivity index (χ3v) is 3.49. The number of aldehydes is 1. The Labute approximate surface area is 81.2 Å². The molecule has 0 amide bonds. The summed E-state index contributed by atoms with van der Waals surface area (Å²) in [5.74, 6) is 1.06. The fourth-order valence-corrected chi connectivity index (χ4v) is 2.80. The molecule has 0 radical (unpaired) electrons. The van der Waals surface area contributed by atoms with E-state index in [0.29, 0.717) is 11.7 Å². The molecule has 0 unspecified atom stereocenters. The Balaban J connectivity index is 2.59. The van der Waals surface area contributed by atoms with Crippen LogP contribution in [0.4, 0.5) is 0 Å². The van der Waals surface area contributed by atoms with Gasteiger partial charge in [-0.3, -0.25) is 0 Å². The van der Waals surface area contributed by atoms with E-state index in [1.807, 2.05) is 11.8 Å². The van der Waals surface area contributed by atoms with E-state index in [4.69, 9.17) is 0 Å². The summed E-state index contributed by atoms with van der Waals surface area (Å²) in [5.41, 5.74) is 1.29. The summed E-state index contributed by atoms with van der Waals surface area (Å²) in [6.07, 6.45) is 1.64. The SMILES string of the molecule is CCS[C@@H](CC=O)c1ccsc1. The summed E-state index contributed by atoms with van der Waals surface area (Å²) < 4.78 is 0. The first-order valence-corrected chi connectivity index (χ1v) is 5.95. The van der Waals surface area contributed by atoms with Crippen molar-refractivity contribution >= 4 is 29.4 Å². The molecule has 66 valence electrons. The van der Waals surface area contributed by atoms with Crippen molar-refractivity contribution in [3.8, 4) is 0 Å². The molecule has 0 spiro atoms. The molecule has 0 N–H and O–H groups in total. The summed E-state index contributed by atoms with van der Waals surface area (Å²) in [6, 6.07) is 2.10. The number of thiophene rings is 1. The molecule has 1 aromatic rings.